The first-order valence-corrected chi connectivity index (χ1v) is 4.63. The van der Waals surface area contributed by atoms with Crippen LogP contribution >= 0.6 is 11.6 Å². The molecule has 0 aliphatic carbocycles. The van der Waals surface area contributed by atoms with Crippen molar-refractivity contribution in [3.05, 3.63) is 35.5 Å². The number of halogens is 1. The molecule has 0 radical (unpaired) electrons. The van der Waals surface area contributed by atoms with Crippen molar-refractivity contribution in [1.82, 2.24) is 4.98 Å². The van der Waals surface area contributed by atoms with Gasteiger partial charge in [0.25, 0.3) is 0 Å². The largest absolute Gasteiger partial charge is 0.365 e. The highest BCUT2D eigenvalue weighted by Gasteiger charge is 1.98. The van der Waals surface area contributed by atoms with E-state index in [0.29, 0.717) is 5.02 Å². The van der Waals surface area contributed by atoms with Crippen LogP contribution in [-0.2, 0) is 0 Å². The number of nitrogens with one attached hydrogen (secondary N) is 1. The summed E-state index contributed by atoms with van der Waals surface area (Å²) in [7, 11) is 0. The average Bonchev–Trinajstić information content (AvgIpc) is 2.16. The molecule has 0 fully saturated rings. The Morgan fingerprint density at radius 1 is 1.69 bits per heavy atom. The molecule has 0 aliphatic heterocycles. The van der Waals surface area contributed by atoms with E-state index < -0.39 is 0 Å². The monoisotopic (exact) mass is 196 g/mol. The Hall–Kier alpha value is -1.02. The molecule has 0 spiro atoms. The maximum absolute atomic E-state index is 5.90. The summed E-state index contributed by atoms with van der Waals surface area (Å²) in [6, 6.07) is 3.62. The number of anilines is 1. The van der Waals surface area contributed by atoms with Crippen molar-refractivity contribution in [1.29, 1.82) is 0 Å². The van der Waals surface area contributed by atoms with Gasteiger partial charge in [-0.3, -0.25) is 0 Å². The molecule has 13 heavy (non-hydrogen) atoms. The Kier molecular flexibility index (Phi) is 3.77. The highest BCUT2D eigenvalue weighted by Crippen LogP contribution is 2.17. The van der Waals surface area contributed by atoms with E-state index in [9.17, 15) is 0 Å². The van der Waals surface area contributed by atoms with Crippen molar-refractivity contribution in [3.63, 3.8) is 0 Å². The molecule has 1 heterocycles. The number of nitrogens with zero attached hydrogens (tertiary/aromatic N) is 1. The molecular weight excluding hydrogens is 184 g/mol. The first-order valence-electron chi connectivity index (χ1n) is 4.25. The van der Waals surface area contributed by atoms with Crippen LogP contribution in [0, 0.1) is 0 Å². The van der Waals surface area contributed by atoms with E-state index in [0.717, 1.165) is 24.4 Å². The molecule has 0 amide bonds. The van der Waals surface area contributed by atoms with Crippen molar-refractivity contribution in [2.45, 2.75) is 13.3 Å². The quantitative estimate of drug-likeness (QED) is 0.749. The Morgan fingerprint density at radius 2 is 2.46 bits per heavy atom. The topological polar surface area (TPSA) is 24.9 Å². The van der Waals surface area contributed by atoms with E-state index in [1.165, 1.54) is 0 Å². The normalized spacial score (nSPS) is 9.69. The first-order chi connectivity index (χ1) is 6.24. The highest BCUT2D eigenvalue weighted by atomic mass is 35.5. The van der Waals surface area contributed by atoms with Gasteiger partial charge in [0, 0.05) is 12.7 Å². The molecule has 1 rings (SSSR count). The van der Waals surface area contributed by atoms with Crippen molar-refractivity contribution >= 4 is 17.4 Å². The number of rotatable bonds is 4. The molecule has 0 unspecified atom stereocenters. The van der Waals surface area contributed by atoms with Crippen LogP contribution in [0.25, 0.3) is 0 Å². The van der Waals surface area contributed by atoms with Crippen molar-refractivity contribution < 1.29 is 0 Å². The van der Waals surface area contributed by atoms with Gasteiger partial charge in [0.1, 0.15) is 5.82 Å². The SMILES string of the molecule is C=C(CC)CNc1ncccc1Cl. The number of aromatic nitrogens is 1. The minimum Gasteiger partial charge on any atom is -0.365 e. The Balaban J connectivity index is 2.54. The summed E-state index contributed by atoms with van der Waals surface area (Å²) in [5, 5.41) is 3.77. The maximum atomic E-state index is 5.90. The summed E-state index contributed by atoms with van der Waals surface area (Å²) in [6.07, 6.45) is 2.68. The van der Waals surface area contributed by atoms with Gasteiger partial charge in [-0.2, -0.15) is 0 Å². The van der Waals surface area contributed by atoms with Gasteiger partial charge in [0.2, 0.25) is 0 Å². The van der Waals surface area contributed by atoms with Crippen LogP contribution < -0.4 is 5.32 Å². The third-order valence-electron chi connectivity index (χ3n) is 1.76. The van der Waals surface area contributed by atoms with E-state index in [4.69, 9.17) is 11.6 Å². The van der Waals surface area contributed by atoms with Gasteiger partial charge >= 0.3 is 0 Å². The fraction of sp³-hybridized carbons (Fsp3) is 0.300. The van der Waals surface area contributed by atoms with E-state index in [1.807, 2.05) is 12.1 Å². The summed E-state index contributed by atoms with van der Waals surface area (Å²) >= 11 is 5.90. The predicted octanol–water partition coefficient (Wildman–Crippen LogP) is 3.11. The third-order valence-corrected chi connectivity index (χ3v) is 2.07. The van der Waals surface area contributed by atoms with E-state index >= 15 is 0 Å². The minimum atomic E-state index is 0.645. The maximum Gasteiger partial charge on any atom is 0.145 e. The van der Waals surface area contributed by atoms with Gasteiger partial charge in [0.05, 0.1) is 5.02 Å². The van der Waals surface area contributed by atoms with Crippen LogP contribution in [0.2, 0.25) is 5.02 Å². The number of hydrogen-bond donors (Lipinski definition) is 1. The molecule has 0 aliphatic rings. The lowest BCUT2D eigenvalue weighted by Gasteiger charge is -2.07. The zero-order valence-corrected chi connectivity index (χ0v) is 8.43. The molecule has 0 aromatic carbocycles. The molecule has 0 bridgehead atoms. The van der Waals surface area contributed by atoms with Crippen molar-refractivity contribution in [2.75, 3.05) is 11.9 Å². The summed E-state index contributed by atoms with van der Waals surface area (Å²) < 4.78 is 0. The van der Waals surface area contributed by atoms with Gasteiger partial charge in [-0.05, 0) is 18.6 Å². The molecule has 1 aromatic rings. The summed E-state index contributed by atoms with van der Waals surface area (Å²) in [6.45, 7) is 6.69. The van der Waals surface area contributed by atoms with E-state index in [-0.39, 0.29) is 0 Å². The lowest BCUT2D eigenvalue weighted by molar-refractivity contribution is 1.04. The summed E-state index contributed by atoms with van der Waals surface area (Å²) in [4.78, 5) is 4.10. The van der Waals surface area contributed by atoms with Crippen LogP contribution in [0.1, 0.15) is 13.3 Å². The standard InChI is InChI=1S/C10H13ClN2/c1-3-8(2)7-13-10-9(11)5-4-6-12-10/h4-6H,2-3,7H2,1H3,(H,12,13). The minimum absolute atomic E-state index is 0.645. The van der Waals surface area contributed by atoms with Gasteiger partial charge < -0.3 is 5.32 Å². The van der Waals surface area contributed by atoms with E-state index in [2.05, 4.69) is 23.8 Å². The fourth-order valence-electron chi connectivity index (χ4n) is 0.849. The molecule has 3 heteroatoms. The van der Waals surface area contributed by atoms with Crippen LogP contribution in [0.5, 0.6) is 0 Å². The Labute approximate surface area is 83.6 Å². The average molecular weight is 197 g/mol. The number of pyridine rings is 1. The summed E-state index contributed by atoms with van der Waals surface area (Å²) in [5.74, 6) is 0.721. The first kappa shape index (κ1) is 10.1. The van der Waals surface area contributed by atoms with Gasteiger partial charge in [-0.25, -0.2) is 4.98 Å². The molecular formula is C10H13ClN2. The van der Waals surface area contributed by atoms with Crippen LogP contribution in [0.4, 0.5) is 5.82 Å². The zero-order valence-electron chi connectivity index (χ0n) is 7.68. The molecule has 0 atom stereocenters. The smallest absolute Gasteiger partial charge is 0.145 e. The van der Waals surface area contributed by atoms with Crippen molar-refractivity contribution in [2.24, 2.45) is 0 Å². The highest BCUT2D eigenvalue weighted by molar-refractivity contribution is 6.32. The van der Waals surface area contributed by atoms with Crippen LogP contribution in [-0.4, -0.2) is 11.5 Å². The third kappa shape index (κ3) is 3.07. The molecule has 2 nitrogen and oxygen atoms in total. The van der Waals surface area contributed by atoms with Gasteiger partial charge in [-0.15, -0.1) is 0 Å². The lowest BCUT2D eigenvalue weighted by atomic mass is 10.2. The Bertz CT molecular complexity index is 297. The van der Waals surface area contributed by atoms with E-state index in [1.54, 1.807) is 6.20 Å². The van der Waals surface area contributed by atoms with Crippen LogP contribution in [0.3, 0.4) is 0 Å². The lowest BCUT2D eigenvalue weighted by Crippen LogP contribution is -2.05. The second-order valence-electron chi connectivity index (χ2n) is 2.79. The molecule has 70 valence electrons. The summed E-state index contributed by atoms with van der Waals surface area (Å²) in [5.41, 5.74) is 1.14. The van der Waals surface area contributed by atoms with Crippen LogP contribution in [0.15, 0.2) is 30.5 Å². The second-order valence-corrected chi connectivity index (χ2v) is 3.20. The molecule has 1 N–H and O–H groups in total. The molecule has 0 saturated carbocycles. The fourth-order valence-corrected chi connectivity index (χ4v) is 1.04. The number of hydrogen-bond acceptors (Lipinski definition) is 2. The molecule has 1 aromatic heterocycles. The van der Waals surface area contributed by atoms with Gasteiger partial charge in [0.15, 0.2) is 0 Å². The van der Waals surface area contributed by atoms with Gasteiger partial charge in [-0.1, -0.05) is 30.7 Å². The molecule has 0 saturated heterocycles. The second kappa shape index (κ2) is 4.87. The predicted molar refractivity (Wildman–Crippen MR) is 57.2 cm³/mol. The van der Waals surface area contributed by atoms with Crippen molar-refractivity contribution in [3.8, 4) is 0 Å². The Morgan fingerprint density at radius 3 is 3.08 bits per heavy atom. The zero-order chi connectivity index (χ0) is 9.68.